The number of hydrogen-bond acceptors (Lipinski definition) is 4. The zero-order chi connectivity index (χ0) is 15.5. The first kappa shape index (κ1) is 16.3. The lowest BCUT2D eigenvalue weighted by Gasteiger charge is -2.14. The minimum atomic E-state index is -3.40. The molecule has 1 atom stereocenters. The first-order valence-electron chi connectivity index (χ1n) is 6.54. The number of hydrogen-bond donors (Lipinski definition) is 2. The number of nitrogens with one attached hydrogen (secondary N) is 2. The summed E-state index contributed by atoms with van der Waals surface area (Å²) in [5.41, 5.74) is 0.863. The smallest absolute Gasteiger partial charge is 0.240 e. The lowest BCUT2D eigenvalue weighted by molar-refractivity contribution is 0.584. The van der Waals surface area contributed by atoms with Crippen LogP contribution in [0.15, 0.2) is 41.3 Å². The minimum absolute atomic E-state index is 0.110. The van der Waals surface area contributed by atoms with Crippen LogP contribution in [0.25, 0.3) is 0 Å². The molecular weight excluding hydrogens is 328 g/mol. The maximum atomic E-state index is 11.8. The van der Waals surface area contributed by atoms with Crippen LogP contribution in [0.2, 0.25) is 4.34 Å². The van der Waals surface area contributed by atoms with Gasteiger partial charge in [0.15, 0.2) is 0 Å². The molecule has 1 unspecified atom stereocenters. The second-order valence-electron chi connectivity index (χ2n) is 4.53. The SMILES string of the molecule is CCNS(=O)(=O)c1ccc(NC(C)c2ccc(Cl)s2)cc1. The molecular formula is C14H17ClN2O2S2. The molecule has 0 amide bonds. The van der Waals surface area contributed by atoms with Crippen molar-refractivity contribution in [3.05, 3.63) is 45.6 Å². The van der Waals surface area contributed by atoms with Crippen molar-refractivity contribution >= 4 is 38.6 Å². The number of anilines is 1. The van der Waals surface area contributed by atoms with Gasteiger partial charge in [-0.05, 0) is 43.3 Å². The molecule has 21 heavy (non-hydrogen) atoms. The molecule has 2 aromatic rings. The van der Waals surface area contributed by atoms with Gasteiger partial charge in [0.05, 0.1) is 15.3 Å². The van der Waals surface area contributed by atoms with Crippen LogP contribution in [0.4, 0.5) is 5.69 Å². The summed E-state index contributed by atoms with van der Waals surface area (Å²) in [4.78, 5) is 1.39. The Kier molecular flexibility index (Phi) is 5.27. The van der Waals surface area contributed by atoms with Gasteiger partial charge in [-0.15, -0.1) is 11.3 Å². The largest absolute Gasteiger partial charge is 0.378 e. The Bertz CT molecular complexity index is 696. The standard InChI is InChI=1S/C14H17ClN2O2S2/c1-3-16-21(18,19)12-6-4-11(5-7-12)17-10(2)13-8-9-14(15)20-13/h4-10,16-17H,3H2,1-2H3. The summed E-state index contributed by atoms with van der Waals surface area (Å²) in [5, 5.41) is 3.32. The van der Waals surface area contributed by atoms with Crippen molar-refractivity contribution in [2.24, 2.45) is 0 Å². The third-order valence-electron chi connectivity index (χ3n) is 2.90. The normalized spacial score (nSPS) is 13.1. The highest BCUT2D eigenvalue weighted by molar-refractivity contribution is 7.89. The molecule has 1 aromatic carbocycles. The van der Waals surface area contributed by atoms with E-state index in [1.807, 2.05) is 19.1 Å². The Balaban J connectivity index is 2.09. The number of sulfonamides is 1. The third kappa shape index (κ3) is 4.20. The minimum Gasteiger partial charge on any atom is -0.378 e. The lowest BCUT2D eigenvalue weighted by atomic mass is 10.2. The van der Waals surface area contributed by atoms with Crippen molar-refractivity contribution in [1.82, 2.24) is 4.72 Å². The highest BCUT2D eigenvalue weighted by atomic mass is 35.5. The highest BCUT2D eigenvalue weighted by Crippen LogP contribution is 2.29. The molecule has 2 N–H and O–H groups in total. The van der Waals surface area contributed by atoms with Crippen molar-refractivity contribution in [2.45, 2.75) is 24.8 Å². The van der Waals surface area contributed by atoms with E-state index in [9.17, 15) is 8.42 Å². The van der Waals surface area contributed by atoms with E-state index in [-0.39, 0.29) is 10.9 Å². The van der Waals surface area contributed by atoms with Crippen LogP contribution in [0.5, 0.6) is 0 Å². The van der Waals surface area contributed by atoms with Crippen molar-refractivity contribution in [3.63, 3.8) is 0 Å². The highest BCUT2D eigenvalue weighted by Gasteiger charge is 2.13. The summed E-state index contributed by atoms with van der Waals surface area (Å²) in [6, 6.07) is 10.7. The van der Waals surface area contributed by atoms with Gasteiger partial charge in [-0.2, -0.15) is 0 Å². The average molecular weight is 345 g/mol. The van der Waals surface area contributed by atoms with Crippen LogP contribution in [0.3, 0.4) is 0 Å². The Morgan fingerprint density at radius 1 is 1.19 bits per heavy atom. The topological polar surface area (TPSA) is 58.2 Å². The van der Waals surface area contributed by atoms with Gasteiger partial charge in [0, 0.05) is 17.1 Å². The van der Waals surface area contributed by atoms with E-state index in [4.69, 9.17) is 11.6 Å². The Morgan fingerprint density at radius 2 is 1.86 bits per heavy atom. The van der Waals surface area contributed by atoms with Gasteiger partial charge < -0.3 is 5.32 Å². The molecule has 4 nitrogen and oxygen atoms in total. The summed E-state index contributed by atoms with van der Waals surface area (Å²) >= 11 is 7.45. The van der Waals surface area contributed by atoms with Crippen LogP contribution in [-0.4, -0.2) is 15.0 Å². The summed E-state index contributed by atoms with van der Waals surface area (Å²) in [6.45, 7) is 4.16. The fraction of sp³-hybridized carbons (Fsp3) is 0.286. The third-order valence-corrected chi connectivity index (χ3v) is 5.88. The molecule has 0 bridgehead atoms. The fourth-order valence-electron chi connectivity index (χ4n) is 1.89. The molecule has 1 heterocycles. The van der Waals surface area contributed by atoms with Crippen LogP contribution in [-0.2, 0) is 10.0 Å². The van der Waals surface area contributed by atoms with Gasteiger partial charge >= 0.3 is 0 Å². The zero-order valence-electron chi connectivity index (χ0n) is 11.8. The molecule has 7 heteroatoms. The van der Waals surface area contributed by atoms with Crippen LogP contribution < -0.4 is 10.0 Å². The molecule has 0 aliphatic carbocycles. The predicted octanol–water partition coefficient (Wildman–Crippen LogP) is 3.87. The van der Waals surface area contributed by atoms with Crippen molar-refractivity contribution in [3.8, 4) is 0 Å². The van der Waals surface area contributed by atoms with E-state index in [0.29, 0.717) is 6.54 Å². The maximum absolute atomic E-state index is 11.8. The molecule has 0 spiro atoms. The first-order chi connectivity index (χ1) is 9.92. The summed E-state index contributed by atoms with van der Waals surface area (Å²) in [6.07, 6.45) is 0. The average Bonchev–Trinajstić information content (AvgIpc) is 2.86. The molecule has 1 aromatic heterocycles. The Morgan fingerprint density at radius 3 is 2.38 bits per heavy atom. The van der Waals surface area contributed by atoms with Crippen molar-refractivity contribution in [1.29, 1.82) is 0 Å². The van der Waals surface area contributed by atoms with Gasteiger partial charge in [0.2, 0.25) is 10.0 Å². The van der Waals surface area contributed by atoms with Gasteiger partial charge in [0.1, 0.15) is 0 Å². The molecule has 2 rings (SSSR count). The lowest BCUT2D eigenvalue weighted by Crippen LogP contribution is -2.23. The van der Waals surface area contributed by atoms with E-state index in [0.717, 1.165) is 14.9 Å². The second kappa shape index (κ2) is 6.79. The summed E-state index contributed by atoms with van der Waals surface area (Å²) in [5.74, 6) is 0. The van der Waals surface area contributed by atoms with Crippen molar-refractivity contribution in [2.75, 3.05) is 11.9 Å². The zero-order valence-corrected chi connectivity index (χ0v) is 14.1. The molecule has 0 saturated carbocycles. The number of halogens is 1. The molecule has 0 saturated heterocycles. The maximum Gasteiger partial charge on any atom is 0.240 e. The van der Waals surface area contributed by atoms with Gasteiger partial charge in [-0.3, -0.25) is 0 Å². The van der Waals surface area contributed by atoms with Crippen LogP contribution in [0.1, 0.15) is 24.8 Å². The van der Waals surface area contributed by atoms with Gasteiger partial charge in [-0.1, -0.05) is 18.5 Å². The molecule has 0 aliphatic rings. The Labute approximate surface area is 134 Å². The van der Waals surface area contributed by atoms with Crippen molar-refractivity contribution < 1.29 is 8.42 Å². The van der Waals surface area contributed by atoms with E-state index in [1.54, 1.807) is 31.2 Å². The van der Waals surface area contributed by atoms with Crippen LogP contribution >= 0.6 is 22.9 Å². The molecule has 114 valence electrons. The van der Waals surface area contributed by atoms with E-state index < -0.39 is 10.0 Å². The monoisotopic (exact) mass is 344 g/mol. The van der Waals surface area contributed by atoms with E-state index in [2.05, 4.69) is 10.0 Å². The fourth-order valence-corrected chi connectivity index (χ4v) is 3.99. The number of benzene rings is 1. The van der Waals surface area contributed by atoms with E-state index >= 15 is 0 Å². The molecule has 0 fully saturated rings. The van der Waals surface area contributed by atoms with Gasteiger partial charge in [-0.25, -0.2) is 13.1 Å². The summed E-state index contributed by atoms with van der Waals surface area (Å²) in [7, 11) is -3.40. The second-order valence-corrected chi connectivity index (χ2v) is 8.05. The van der Waals surface area contributed by atoms with Crippen LogP contribution in [0, 0.1) is 0 Å². The first-order valence-corrected chi connectivity index (χ1v) is 9.21. The Hall–Kier alpha value is -1.08. The number of thiophene rings is 1. The van der Waals surface area contributed by atoms with E-state index in [1.165, 1.54) is 11.3 Å². The molecule has 0 aliphatic heterocycles. The number of rotatable bonds is 6. The summed E-state index contributed by atoms with van der Waals surface area (Å²) < 4.78 is 26.9. The molecule has 0 radical (unpaired) electrons. The quantitative estimate of drug-likeness (QED) is 0.836. The predicted molar refractivity (Wildman–Crippen MR) is 88.7 cm³/mol. The van der Waals surface area contributed by atoms with Gasteiger partial charge in [0.25, 0.3) is 0 Å².